The number of carbonyl (C=O) groups excluding carboxylic acids is 1. The topological polar surface area (TPSA) is 75.7 Å². The van der Waals surface area contributed by atoms with E-state index < -0.39 is 10.0 Å². The lowest BCUT2D eigenvalue weighted by Gasteiger charge is -2.15. The molecule has 0 aliphatic carbocycles. The molecule has 1 fully saturated rings. The number of hydrogen-bond donors (Lipinski definition) is 1. The molecule has 8 heteroatoms. The Morgan fingerprint density at radius 3 is 2.35 bits per heavy atom. The normalized spacial score (nSPS) is 14.3. The molecule has 0 radical (unpaired) electrons. The van der Waals surface area contributed by atoms with Crippen LogP contribution >= 0.6 is 15.9 Å². The van der Waals surface area contributed by atoms with Crippen LogP contribution in [0.4, 0.5) is 5.69 Å². The van der Waals surface area contributed by atoms with Gasteiger partial charge < -0.3 is 9.64 Å². The molecule has 2 aromatic rings. The third-order valence-corrected chi connectivity index (χ3v) is 6.21. The predicted octanol–water partition coefficient (Wildman–Crippen LogP) is 3.49. The van der Waals surface area contributed by atoms with Crippen molar-refractivity contribution in [2.24, 2.45) is 0 Å². The van der Waals surface area contributed by atoms with Crippen LogP contribution < -0.4 is 9.46 Å². The zero-order valence-corrected chi connectivity index (χ0v) is 16.6. The number of ether oxygens (including phenoxy) is 1. The summed E-state index contributed by atoms with van der Waals surface area (Å²) in [5.74, 6) is 0.532. The SMILES string of the molecule is COc1ccc(S(=O)(=O)Nc2ccc(C(=O)N3CCCC3)cc2)cc1Br. The van der Waals surface area contributed by atoms with E-state index in [2.05, 4.69) is 20.7 Å². The maximum absolute atomic E-state index is 12.5. The van der Waals surface area contributed by atoms with Crippen LogP contribution in [0.1, 0.15) is 23.2 Å². The molecule has 26 heavy (non-hydrogen) atoms. The molecule has 1 heterocycles. The molecule has 6 nitrogen and oxygen atoms in total. The van der Waals surface area contributed by atoms with Crippen molar-refractivity contribution in [1.82, 2.24) is 4.90 Å². The van der Waals surface area contributed by atoms with E-state index in [9.17, 15) is 13.2 Å². The molecule has 0 spiro atoms. The molecular weight excluding hydrogens is 420 g/mol. The van der Waals surface area contributed by atoms with Gasteiger partial charge in [-0.1, -0.05) is 0 Å². The zero-order chi connectivity index (χ0) is 18.7. The lowest BCUT2D eigenvalue weighted by molar-refractivity contribution is 0.0793. The highest BCUT2D eigenvalue weighted by Crippen LogP contribution is 2.28. The van der Waals surface area contributed by atoms with Gasteiger partial charge in [0, 0.05) is 24.3 Å². The molecule has 0 atom stereocenters. The number of benzene rings is 2. The van der Waals surface area contributed by atoms with E-state index in [-0.39, 0.29) is 10.8 Å². The van der Waals surface area contributed by atoms with Crippen molar-refractivity contribution in [2.45, 2.75) is 17.7 Å². The fraction of sp³-hybridized carbons (Fsp3) is 0.278. The number of carbonyl (C=O) groups is 1. The summed E-state index contributed by atoms with van der Waals surface area (Å²) in [4.78, 5) is 14.3. The molecule has 0 unspecified atom stereocenters. The first-order valence-corrected chi connectivity index (χ1v) is 10.4. The van der Waals surface area contributed by atoms with E-state index >= 15 is 0 Å². The lowest BCUT2D eigenvalue weighted by Crippen LogP contribution is -2.27. The summed E-state index contributed by atoms with van der Waals surface area (Å²) in [6, 6.07) is 11.0. The minimum atomic E-state index is -3.74. The largest absolute Gasteiger partial charge is 0.496 e. The van der Waals surface area contributed by atoms with Crippen molar-refractivity contribution in [3.8, 4) is 5.75 Å². The monoisotopic (exact) mass is 438 g/mol. The van der Waals surface area contributed by atoms with Crippen LogP contribution in [0.15, 0.2) is 51.8 Å². The third-order valence-electron chi connectivity index (χ3n) is 4.21. The fourth-order valence-corrected chi connectivity index (χ4v) is 4.59. The highest BCUT2D eigenvalue weighted by atomic mass is 79.9. The van der Waals surface area contributed by atoms with Crippen molar-refractivity contribution in [3.63, 3.8) is 0 Å². The van der Waals surface area contributed by atoms with E-state index in [0.29, 0.717) is 21.5 Å². The Balaban J connectivity index is 1.75. The van der Waals surface area contributed by atoms with E-state index in [4.69, 9.17) is 4.74 Å². The van der Waals surface area contributed by atoms with Gasteiger partial charge in [-0.3, -0.25) is 9.52 Å². The van der Waals surface area contributed by atoms with Gasteiger partial charge in [0.05, 0.1) is 16.5 Å². The van der Waals surface area contributed by atoms with Crippen LogP contribution in [0, 0.1) is 0 Å². The summed E-state index contributed by atoms with van der Waals surface area (Å²) >= 11 is 3.28. The fourth-order valence-electron chi connectivity index (χ4n) is 2.81. The number of hydrogen-bond acceptors (Lipinski definition) is 4. The van der Waals surface area contributed by atoms with Crippen molar-refractivity contribution in [1.29, 1.82) is 0 Å². The van der Waals surface area contributed by atoms with Crippen molar-refractivity contribution < 1.29 is 17.9 Å². The van der Waals surface area contributed by atoms with Crippen molar-refractivity contribution in [2.75, 3.05) is 24.9 Å². The van der Waals surface area contributed by atoms with Gasteiger partial charge in [0.15, 0.2) is 0 Å². The Morgan fingerprint density at radius 2 is 1.77 bits per heavy atom. The van der Waals surface area contributed by atoms with Gasteiger partial charge in [-0.05, 0) is 71.2 Å². The highest BCUT2D eigenvalue weighted by molar-refractivity contribution is 9.10. The number of rotatable bonds is 5. The molecule has 138 valence electrons. The van der Waals surface area contributed by atoms with Gasteiger partial charge in [-0.15, -0.1) is 0 Å². The van der Waals surface area contributed by atoms with E-state index in [0.717, 1.165) is 25.9 Å². The number of nitrogens with one attached hydrogen (secondary N) is 1. The molecule has 1 saturated heterocycles. The molecule has 3 rings (SSSR count). The van der Waals surface area contributed by atoms with Crippen LogP contribution in [0.3, 0.4) is 0 Å². The molecule has 0 aromatic heterocycles. The van der Waals surface area contributed by atoms with Crippen LogP contribution in [0.5, 0.6) is 5.75 Å². The summed E-state index contributed by atoms with van der Waals surface area (Å²) in [5, 5.41) is 0. The molecular formula is C18H19BrN2O4S. The number of methoxy groups -OCH3 is 1. The van der Waals surface area contributed by atoms with Gasteiger partial charge in [0.25, 0.3) is 15.9 Å². The number of sulfonamides is 1. The number of nitrogens with zero attached hydrogens (tertiary/aromatic N) is 1. The van der Waals surface area contributed by atoms with Gasteiger partial charge in [-0.2, -0.15) is 0 Å². The number of likely N-dealkylation sites (tertiary alicyclic amines) is 1. The first kappa shape index (κ1) is 18.7. The molecule has 1 aliphatic heterocycles. The third kappa shape index (κ3) is 4.02. The Labute approximate surface area is 161 Å². The maximum Gasteiger partial charge on any atom is 0.261 e. The summed E-state index contributed by atoms with van der Waals surface area (Å²) in [7, 11) is -2.23. The average molecular weight is 439 g/mol. The average Bonchev–Trinajstić information content (AvgIpc) is 3.16. The Morgan fingerprint density at radius 1 is 1.12 bits per heavy atom. The molecule has 1 N–H and O–H groups in total. The summed E-state index contributed by atoms with van der Waals surface area (Å²) < 4.78 is 33.2. The quantitative estimate of drug-likeness (QED) is 0.774. The highest BCUT2D eigenvalue weighted by Gasteiger charge is 2.20. The Bertz CT molecular complexity index is 907. The molecule has 0 saturated carbocycles. The van der Waals surface area contributed by atoms with Crippen LogP contribution in [0.25, 0.3) is 0 Å². The number of amides is 1. The molecule has 0 bridgehead atoms. The zero-order valence-electron chi connectivity index (χ0n) is 14.2. The van der Waals surface area contributed by atoms with Crippen molar-refractivity contribution >= 4 is 37.5 Å². The Hall–Kier alpha value is -2.06. The van der Waals surface area contributed by atoms with Crippen LogP contribution in [-0.2, 0) is 10.0 Å². The predicted molar refractivity (Wildman–Crippen MR) is 103 cm³/mol. The molecule has 1 aliphatic rings. The smallest absolute Gasteiger partial charge is 0.261 e. The van der Waals surface area contributed by atoms with Crippen molar-refractivity contribution in [3.05, 3.63) is 52.5 Å². The summed E-state index contributed by atoms with van der Waals surface area (Å²) in [6.45, 7) is 1.55. The first-order valence-electron chi connectivity index (χ1n) is 8.16. The standard InChI is InChI=1S/C18H19BrN2O4S/c1-25-17-9-8-15(12-16(17)19)26(23,24)20-14-6-4-13(5-7-14)18(22)21-10-2-3-11-21/h4-9,12,20H,2-3,10-11H2,1H3. The van der Waals surface area contributed by atoms with Crippen LogP contribution in [0.2, 0.25) is 0 Å². The minimum absolute atomic E-state index is 0.0176. The van der Waals surface area contributed by atoms with Crippen LogP contribution in [-0.4, -0.2) is 39.4 Å². The second kappa shape index (κ2) is 7.67. The summed E-state index contributed by atoms with van der Waals surface area (Å²) in [6.07, 6.45) is 2.06. The van der Waals surface area contributed by atoms with E-state index in [1.54, 1.807) is 30.3 Å². The first-order chi connectivity index (χ1) is 12.4. The van der Waals surface area contributed by atoms with Gasteiger partial charge in [-0.25, -0.2) is 8.42 Å². The summed E-state index contributed by atoms with van der Waals surface area (Å²) in [5.41, 5.74) is 0.956. The minimum Gasteiger partial charge on any atom is -0.496 e. The lowest BCUT2D eigenvalue weighted by atomic mass is 10.2. The van der Waals surface area contributed by atoms with Gasteiger partial charge in [0.1, 0.15) is 5.75 Å². The molecule has 1 amide bonds. The molecule has 2 aromatic carbocycles. The second-order valence-electron chi connectivity index (χ2n) is 5.98. The second-order valence-corrected chi connectivity index (χ2v) is 8.52. The Kier molecular flexibility index (Phi) is 5.52. The van der Waals surface area contributed by atoms with Gasteiger partial charge >= 0.3 is 0 Å². The number of halogens is 1. The van der Waals surface area contributed by atoms with E-state index in [1.807, 2.05) is 4.90 Å². The van der Waals surface area contributed by atoms with E-state index in [1.165, 1.54) is 19.2 Å². The number of anilines is 1. The maximum atomic E-state index is 12.5. The van der Waals surface area contributed by atoms with Gasteiger partial charge in [0.2, 0.25) is 0 Å².